The number of thioether (sulfide) groups is 1. The van der Waals surface area contributed by atoms with Crippen LogP contribution in [0.25, 0.3) is 0 Å². The summed E-state index contributed by atoms with van der Waals surface area (Å²) in [6.07, 6.45) is 9.18. The van der Waals surface area contributed by atoms with E-state index in [2.05, 4.69) is 5.32 Å². The Morgan fingerprint density at radius 1 is 1.07 bits per heavy atom. The van der Waals surface area contributed by atoms with Crippen LogP contribution in [-0.4, -0.2) is 42.3 Å². The zero-order valence-corrected chi connectivity index (χ0v) is 18.4. The Bertz CT molecular complexity index is 758. The fourth-order valence-corrected chi connectivity index (χ4v) is 6.60. The zero-order valence-electron chi connectivity index (χ0n) is 17.6. The highest BCUT2D eigenvalue weighted by Gasteiger charge is 2.55. The Morgan fingerprint density at radius 3 is 2.23 bits per heavy atom. The molecule has 30 heavy (non-hydrogen) atoms. The largest absolute Gasteiger partial charge is 0.456 e. The fraction of sp³-hybridized carbons (Fsp3) is 0.625. The molecule has 0 spiro atoms. The lowest BCUT2D eigenvalue weighted by Crippen LogP contribution is -2.56. The molecule has 4 bridgehead atoms. The van der Waals surface area contributed by atoms with E-state index in [-0.39, 0.29) is 23.7 Å². The van der Waals surface area contributed by atoms with Gasteiger partial charge in [-0.1, -0.05) is 30.3 Å². The Hall–Kier alpha value is -1.82. The minimum atomic E-state index is -0.693. The quantitative estimate of drug-likeness (QED) is 0.477. The minimum Gasteiger partial charge on any atom is -0.456 e. The lowest BCUT2D eigenvalue weighted by molar-refractivity contribution is -0.153. The Kier molecular flexibility index (Phi) is 6.51. The van der Waals surface area contributed by atoms with E-state index in [1.165, 1.54) is 19.3 Å². The number of ether oxygens (including phenoxy) is 1. The maximum Gasteiger partial charge on any atom is 0.329 e. The van der Waals surface area contributed by atoms with Crippen LogP contribution in [0.15, 0.2) is 30.3 Å². The fourth-order valence-electron chi connectivity index (χ4n) is 6.13. The highest BCUT2D eigenvalue weighted by atomic mass is 32.2. The first-order valence-corrected chi connectivity index (χ1v) is 12.4. The van der Waals surface area contributed by atoms with Gasteiger partial charge in [-0.2, -0.15) is 11.8 Å². The average Bonchev–Trinajstić information content (AvgIpc) is 2.74. The molecule has 0 radical (unpaired) electrons. The monoisotopic (exact) mass is 429 g/mol. The number of nitrogens with one attached hydrogen (secondary N) is 1. The van der Waals surface area contributed by atoms with Crippen LogP contribution in [-0.2, 0) is 14.3 Å². The van der Waals surface area contributed by atoms with E-state index in [1.54, 1.807) is 36.0 Å². The van der Waals surface area contributed by atoms with Gasteiger partial charge in [0.2, 0.25) is 5.91 Å². The molecule has 162 valence electrons. The molecule has 1 N–H and O–H groups in total. The number of ketones is 1. The van der Waals surface area contributed by atoms with Gasteiger partial charge in [-0.05, 0) is 74.7 Å². The van der Waals surface area contributed by atoms with Crippen LogP contribution in [0.2, 0.25) is 0 Å². The molecule has 1 atom stereocenters. The van der Waals surface area contributed by atoms with Gasteiger partial charge < -0.3 is 10.1 Å². The van der Waals surface area contributed by atoms with E-state index < -0.39 is 12.0 Å². The van der Waals surface area contributed by atoms with Crippen molar-refractivity contribution < 1.29 is 19.1 Å². The number of carbonyl (C=O) groups excluding carboxylic acids is 3. The first kappa shape index (κ1) is 21.4. The second-order valence-electron chi connectivity index (χ2n) is 9.40. The van der Waals surface area contributed by atoms with Gasteiger partial charge in [-0.15, -0.1) is 0 Å². The summed E-state index contributed by atoms with van der Waals surface area (Å²) in [4.78, 5) is 38.4. The molecule has 6 heteroatoms. The second-order valence-corrected chi connectivity index (χ2v) is 10.4. The first-order chi connectivity index (χ1) is 14.5. The average molecular weight is 430 g/mol. The van der Waals surface area contributed by atoms with Crippen molar-refractivity contribution in [1.82, 2.24) is 5.32 Å². The van der Waals surface area contributed by atoms with E-state index in [0.29, 0.717) is 29.7 Å². The number of hydrogen-bond acceptors (Lipinski definition) is 5. The molecular weight excluding hydrogens is 398 g/mol. The maximum atomic E-state index is 13.3. The van der Waals surface area contributed by atoms with Gasteiger partial charge in [0, 0.05) is 11.0 Å². The minimum absolute atomic E-state index is 0.0269. The van der Waals surface area contributed by atoms with Gasteiger partial charge in [-0.25, -0.2) is 4.79 Å². The number of carbonyl (C=O) groups is 3. The van der Waals surface area contributed by atoms with Crippen LogP contribution in [0, 0.1) is 23.2 Å². The van der Waals surface area contributed by atoms with Crippen molar-refractivity contribution in [3.63, 3.8) is 0 Å². The summed E-state index contributed by atoms with van der Waals surface area (Å²) in [5.41, 5.74) is 0.218. The summed E-state index contributed by atoms with van der Waals surface area (Å²) >= 11 is 1.63. The molecule has 4 aliphatic rings. The van der Waals surface area contributed by atoms with Crippen LogP contribution < -0.4 is 5.32 Å². The number of amides is 1. The van der Waals surface area contributed by atoms with Crippen molar-refractivity contribution in [2.75, 3.05) is 18.6 Å². The van der Waals surface area contributed by atoms with E-state index in [4.69, 9.17) is 4.74 Å². The highest BCUT2D eigenvalue weighted by Crippen LogP contribution is 2.60. The lowest BCUT2D eigenvalue weighted by Gasteiger charge is -2.55. The molecule has 1 aromatic carbocycles. The van der Waals surface area contributed by atoms with Crippen molar-refractivity contribution in [1.29, 1.82) is 0 Å². The van der Waals surface area contributed by atoms with Crippen molar-refractivity contribution in [3.05, 3.63) is 35.9 Å². The first-order valence-electron chi connectivity index (χ1n) is 11.0. The number of esters is 1. The summed E-state index contributed by atoms with van der Waals surface area (Å²) in [6.45, 7) is -0.300. The van der Waals surface area contributed by atoms with Gasteiger partial charge >= 0.3 is 5.97 Å². The Morgan fingerprint density at radius 2 is 1.67 bits per heavy atom. The van der Waals surface area contributed by atoms with Crippen LogP contribution in [0.3, 0.4) is 0 Å². The van der Waals surface area contributed by atoms with E-state index in [0.717, 1.165) is 25.0 Å². The molecule has 4 aliphatic carbocycles. The predicted molar refractivity (Wildman–Crippen MR) is 117 cm³/mol. The molecule has 4 saturated carbocycles. The number of Topliss-reactive ketones (excluding diaryl/α,β-unsaturated/α-hetero) is 1. The Balaban J connectivity index is 1.38. The third-order valence-electron chi connectivity index (χ3n) is 7.16. The predicted octanol–water partition coefficient (Wildman–Crippen LogP) is 3.87. The third-order valence-corrected chi connectivity index (χ3v) is 7.81. The maximum absolute atomic E-state index is 13.3. The highest BCUT2D eigenvalue weighted by molar-refractivity contribution is 7.98. The van der Waals surface area contributed by atoms with Gasteiger partial charge in [0.1, 0.15) is 6.04 Å². The standard InChI is InChI=1S/C24H31NO4S/c1-30-8-7-20(22(27)29-15-21(26)19-5-3-2-4-6-19)25-23(28)24-12-16-9-17(13-24)11-18(10-16)14-24/h2-6,16-18,20H,7-15H2,1H3,(H,25,28)/t16?,17?,18?,20-,24?/m1/s1. The van der Waals surface area contributed by atoms with E-state index in [1.807, 2.05) is 12.3 Å². The van der Waals surface area contributed by atoms with Crippen molar-refractivity contribution in [2.45, 2.75) is 51.0 Å². The van der Waals surface area contributed by atoms with Crippen LogP contribution >= 0.6 is 11.8 Å². The van der Waals surface area contributed by atoms with Crippen LogP contribution in [0.4, 0.5) is 0 Å². The van der Waals surface area contributed by atoms with Crippen LogP contribution in [0.1, 0.15) is 55.3 Å². The molecule has 0 saturated heterocycles. The van der Waals surface area contributed by atoms with Crippen LogP contribution in [0.5, 0.6) is 0 Å². The molecule has 1 amide bonds. The second kappa shape index (κ2) is 9.13. The summed E-state index contributed by atoms with van der Waals surface area (Å²) in [5.74, 6) is 2.03. The number of benzene rings is 1. The normalized spacial score (nSPS) is 30.0. The van der Waals surface area contributed by atoms with Gasteiger partial charge in [0.25, 0.3) is 0 Å². The zero-order chi connectivity index (χ0) is 21.1. The Labute approximate surface area is 182 Å². The summed E-state index contributed by atoms with van der Waals surface area (Å²) in [6, 6.07) is 8.11. The third kappa shape index (κ3) is 4.58. The number of rotatable bonds is 9. The van der Waals surface area contributed by atoms with E-state index >= 15 is 0 Å². The topological polar surface area (TPSA) is 72.5 Å². The SMILES string of the molecule is CSCC[C@@H](NC(=O)C12CC3CC(CC(C3)C1)C2)C(=O)OCC(=O)c1ccccc1. The van der Waals surface area contributed by atoms with Gasteiger partial charge in [0.05, 0.1) is 0 Å². The van der Waals surface area contributed by atoms with Crippen molar-refractivity contribution in [3.8, 4) is 0 Å². The van der Waals surface area contributed by atoms with Gasteiger partial charge in [0.15, 0.2) is 12.4 Å². The molecule has 0 aromatic heterocycles. The summed E-state index contributed by atoms with van der Waals surface area (Å²) in [7, 11) is 0. The molecule has 0 aliphatic heterocycles. The molecule has 1 aromatic rings. The summed E-state index contributed by atoms with van der Waals surface area (Å²) in [5, 5.41) is 3.03. The number of hydrogen-bond donors (Lipinski definition) is 1. The molecule has 4 fully saturated rings. The summed E-state index contributed by atoms with van der Waals surface area (Å²) < 4.78 is 5.32. The smallest absolute Gasteiger partial charge is 0.329 e. The molecule has 0 unspecified atom stereocenters. The molecule has 5 rings (SSSR count). The van der Waals surface area contributed by atoms with Crippen molar-refractivity contribution in [2.24, 2.45) is 23.2 Å². The molecule has 0 heterocycles. The molecular formula is C24H31NO4S. The molecule has 5 nitrogen and oxygen atoms in total. The van der Waals surface area contributed by atoms with Crippen molar-refractivity contribution >= 4 is 29.4 Å². The lowest BCUT2D eigenvalue weighted by atomic mass is 9.49. The van der Waals surface area contributed by atoms with E-state index in [9.17, 15) is 14.4 Å². The van der Waals surface area contributed by atoms with Gasteiger partial charge in [-0.3, -0.25) is 9.59 Å².